The van der Waals surface area contributed by atoms with Crippen LogP contribution >= 0.6 is 0 Å². The van der Waals surface area contributed by atoms with Crippen molar-refractivity contribution < 1.29 is 4.79 Å². The first-order chi connectivity index (χ1) is 12.1. The van der Waals surface area contributed by atoms with E-state index in [9.17, 15) is 4.79 Å². The van der Waals surface area contributed by atoms with Crippen LogP contribution in [0.2, 0.25) is 0 Å². The third-order valence-electron chi connectivity index (χ3n) is 4.11. The number of rotatable bonds is 5. The van der Waals surface area contributed by atoms with Crippen LogP contribution in [0.15, 0.2) is 61.2 Å². The number of hydrogen-bond acceptors (Lipinski definition) is 3. The highest BCUT2D eigenvalue weighted by Gasteiger charge is 2.10. The van der Waals surface area contributed by atoms with Crippen molar-refractivity contribution in [3.05, 3.63) is 78.1 Å². The van der Waals surface area contributed by atoms with Gasteiger partial charge in [-0.15, -0.1) is 0 Å². The van der Waals surface area contributed by atoms with Crippen molar-refractivity contribution in [3.63, 3.8) is 0 Å². The van der Waals surface area contributed by atoms with E-state index in [4.69, 9.17) is 0 Å². The number of benzene rings is 1. The zero-order valence-corrected chi connectivity index (χ0v) is 14.3. The van der Waals surface area contributed by atoms with Crippen LogP contribution in [0.4, 0.5) is 10.5 Å². The van der Waals surface area contributed by atoms with Crippen LogP contribution in [0.3, 0.4) is 0 Å². The van der Waals surface area contributed by atoms with Crippen molar-refractivity contribution in [2.24, 2.45) is 0 Å². The van der Waals surface area contributed by atoms with Crippen molar-refractivity contribution in [2.45, 2.75) is 26.4 Å². The summed E-state index contributed by atoms with van der Waals surface area (Å²) in [7, 11) is 0. The summed E-state index contributed by atoms with van der Waals surface area (Å²) in [4.78, 5) is 20.3. The summed E-state index contributed by atoms with van der Waals surface area (Å²) in [6.07, 6.45) is 7.21. The number of imidazole rings is 1. The van der Waals surface area contributed by atoms with Gasteiger partial charge in [0.05, 0.1) is 6.04 Å². The Bertz CT molecular complexity index is 827. The fourth-order valence-corrected chi connectivity index (χ4v) is 2.66. The standard InChI is InChI=1S/C19H21N5O/c1-14(24-11-10-21-15(24)2)17-5-7-18(8-6-17)23-19(25)22-13-16-4-3-9-20-12-16/h3-12,14H,13H2,1-2H3,(H2,22,23,25)/t14-/m1/s1. The molecule has 0 unspecified atom stereocenters. The molecule has 0 fully saturated rings. The van der Waals surface area contributed by atoms with Gasteiger partial charge in [0.1, 0.15) is 5.82 Å². The maximum atomic E-state index is 12.0. The molecule has 0 aliphatic carbocycles. The second kappa shape index (κ2) is 7.61. The van der Waals surface area contributed by atoms with E-state index in [-0.39, 0.29) is 12.1 Å². The molecule has 2 heterocycles. The number of aryl methyl sites for hydroxylation is 1. The van der Waals surface area contributed by atoms with E-state index in [0.717, 1.165) is 22.6 Å². The molecule has 2 N–H and O–H groups in total. The molecule has 25 heavy (non-hydrogen) atoms. The molecule has 0 aliphatic heterocycles. The number of nitrogens with zero attached hydrogens (tertiary/aromatic N) is 3. The Hall–Kier alpha value is -3.15. The molecule has 0 spiro atoms. The summed E-state index contributed by atoms with van der Waals surface area (Å²) in [6.45, 7) is 4.55. The molecule has 6 heteroatoms. The van der Waals surface area contributed by atoms with E-state index >= 15 is 0 Å². The lowest BCUT2D eigenvalue weighted by molar-refractivity contribution is 0.251. The SMILES string of the molecule is Cc1nccn1[C@H](C)c1ccc(NC(=O)NCc2cccnc2)cc1. The Kier molecular flexibility index (Phi) is 5.09. The van der Waals surface area contributed by atoms with Gasteiger partial charge in [0.15, 0.2) is 0 Å². The molecule has 2 aromatic heterocycles. The first-order valence-corrected chi connectivity index (χ1v) is 8.16. The van der Waals surface area contributed by atoms with Crippen LogP contribution in [0, 0.1) is 6.92 Å². The molecule has 1 aromatic carbocycles. The molecule has 0 saturated carbocycles. The molecule has 0 bridgehead atoms. The predicted octanol–water partition coefficient (Wildman–Crippen LogP) is 3.52. The van der Waals surface area contributed by atoms with Gasteiger partial charge >= 0.3 is 6.03 Å². The Morgan fingerprint density at radius 2 is 2.00 bits per heavy atom. The quantitative estimate of drug-likeness (QED) is 0.749. The fourth-order valence-electron chi connectivity index (χ4n) is 2.66. The molecule has 6 nitrogen and oxygen atoms in total. The number of nitrogens with one attached hydrogen (secondary N) is 2. The lowest BCUT2D eigenvalue weighted by atomic mass is 10.1. The van der Waals surface area contributed by atoms with Crippen LogP contribution in [-0.4, -0.2) is 20.6 Å². The molecule has 3 aromatic rings. The number of aromatic nitrogens is 3. The third-order valence-corrected chi connectivity index (χ3v) is 4.11. The molecule has 3 rings (SSSR count). The van der Waals surface area contributed by atoms with Crippen molar-refractivity contribution in [2.75, 3.05) is 5.32 Å². The Labute approximate surface area is 146 Å². The van der Waals surface area contributed by atoms with Crippen molar-refractivity contribution in [1.29, 1.82) is 0 Å². The van der Waals surface area contributed by atoms with Gasteiger partial charge in [-0.25, -0.2) is 9.78 Å². The molecule has 1 atom stereocenters. The van der Waals surface area contributed by atoms with Gasteiger partial charge in [-0.3, -0.25) is 4.98 Å². The van der Waals surface area contributed by atoms with E-state index in [1.54, 1.807) is 18.6 Å². The molecular formula is C19H21N5O. The third kappa shape index (κ3) is 4.23. The van der Waals surface area contributed by atoms with Gasteiger partial charge in [0.25, 0.3) is 0 Å². The summed E-state index contributed by atoms with van der Waals surface area (Å²) in [5.41, 5.74) is 2.86. The van der Waals surface area contributed by atoms with E-state index in [2.05, 4.69) is 32.1 Å². The number of pyridine rings is 1. The number of urea groups is 1. The summed E-state index contributed by atoms with van der Waals surface area (Å²) in [6, 6.07) is 11.6. The van der Waals surface area contributed by atoms with Crippen LogP contribution in [0.5, 0.6) is 0 Å². The number of anilines is 1. The summed E-state index contributed by atoms with van der Waals surface area (Å²) < 4.78 is 2.11. The van der Waals surface area contributed by atoms with Crippen LogP contribution in [-0.2, 0) is 6.54 Å². The minimum atomic E-state index is -0.241. The predicted molar refractivity (Wildman–Crippen MR) is 97.3 cm³/mol. The number of carbonyl (C=O) groups excluding carboxylic acids is 1. The van der Waals surface area contributed by atoms with Crippen LogP contribution in [0.25, 0.3) is 0 Å². The zero-order chi connectivity index (χ0) is 17.6. The van der Waals surface area contributed by atoms with Gasteiger partial charge in [-0.2, -0.15) is 0 Å². The second-order valence-electron chi connectivity index (χ2n) is 5.85. The highest BCUT2D eigenvalue weighted by molar-refractivity contribution is 5.89. The maximum absolute atomic E-state index is 12.0. The molecule has 128 valence electrons. The Morgan fingerprint density at radius 1 is 1.20 bits per heavy atom. The lowest BCUT2D eigenvalue weighted by Crippen LogP contribution is -2.28. The number of hydrogen-bond donors (Lipinski definition) is 2. The van der Waals surface area contributed by atoms with Gasteiger partial charge in [0, 0.05) is 37.0 Å². The largest absolute Gasteiger partial charge is 0.334 e. The highest BCUT2D eigenvalue weighted by Crippen LogP contribution is 2.21. The Balaban J connectivity index is 1.57. The summed E-state index contributed by atoms with van der Waals surface area (Å²) in [5, 5.41) is 5.65. The average Bonchev–Trinajstić information content (AvgIpc) is 3.07. The minimum Gasteiger partial charge on any atom is -0.334 e. The number of carbonyl (C=O) groups is 1. The first kappa shape index (κ1) is 16.7. The summed E-state index contributed by atoms with van der Waals surface area (Å²) >= 11 is 0. The summed E-state index contributed by atoms with van der Waals surface area (Å²) in [5.74, 6) is 0.976. The lowest BCUT2D eigenvalue weighted by Gasteiger charge is -2.16. The van der Waals surface area contributed by atoms with E-state index < -0.39 is 0 Å². The normalized spacial score (nSPS) is 11.8. The number of amides is 2. The van der Waals surface area contributed by atoms with Gasteiger partial charge in [-0.05, 0) is 43.2 Å². The van der Waals surface area contributed by atoms with E-state index in [0.29, 0.717) is 6.54 Å². The molecular weight excluding hydrogens is 314 g/mol. The second-order valence-corrected chi connectivity index (χ2v) is 5.85. The first-order valence-electron chi connectivity index (χ1n) is 8.16. The van der Waals surface area contributed by atoms with Crippen LogP contribution in [0.1, 0.15) is 29.9 Å². The van der Waals surface area contributed by atoms with Gasteiger partial charge in [-0.1, -0.05) is 18.2 Å². The minimum absolute atomic E-state index is 0.191. The van der Waals surface area contributed by atoms with Crippen molar-refractivity contribution >= 4 is 11.7 Å². The van der Waals surface area contributed by atoms with Gasteiger partial charge < -0.3 is 15.2 Å². The topological polar surface area (TPSA) is 71.8 Å². The van der Waals surface area contributed by atoms with Crippen LogP contribution < -0.4 is 10.6 Å². The molecule has 2 amide bonds. The Morgan fingerprint density at radius 3 is 2.64 bits per heavy atom. The maximum Gasteiger partial charge on any atom is 0.319 e. The van der Waals surface area contributed by atoms with E-state index in [1.807, 2.05) is 49.5 Å². The molecule has 0 aliphatic rings. The highest BCUT2D eigenvalue weighted by atomic mass is 16.2. The van der Waals surface area contributed by atoms with Crippen molar-refractivity contribution in [1.82, 2.24) is 19.9 Å². The van der Waals surface area contributed by atoms with Gasteiger partial charge in [0.2, 0.25) is 0 Å². The smallest absolute Gasteiger partial charge is 0.319 e. The van der Waals surface area contributed by atoms with E-state index in [1.165, 1.54) is 0 Å². The zero-order valence-electron chi connectivity index (χ0n) is 14.3. The van der Waals surface area contributed by atoms with Crippen molar-refractivity contribution in [3.8, 4) is 0 Å². The fraction of sp³-hybridized carbons (Fsp3) is 0.211. The molecule has 0 radical (unpaired) electrons. The average molecular weight is 335 g/mol. The molecule has 0 saturated heterocycles. The monoisotopic (exact) mass is 335 g/mol.